The molecule has 0 aromatic carbocycles. The Kier molecular flexibility index (Phi) is 2.62. The quantitative estimate of drug-likeness (QED) is 0.439. The van der Waals surface area contributed by atoms with Crippen LogP contribution in [0.3, 0.4) is 0 Å². The van der Waals surface area contributed by atoms with Crippen LogP contribution in [0.2, 0.25) is 0 Å². The SMILES string of the molecule is C=CCC(F)(F)NC. The van der Waals surface area contributed by atoms with E-state index in [2.05, 4.69) is 6.58 Å². The number of alkyl halides is 2. The van der Waals surface area contributed by atoms with Gasteiger partial charge in [-0.3, -0.25) is 5.32 Å². The minimum absolute atomic E-state index is 0.316. The third kappa shape index (κ3) is 2.69. The van der Waals surface area contributed by atoms with Crippen molar-refractivity contribution in [3.05, 3.63) is 12.7 Å². The zero-order valence-corrected chi connectivity index (χ0v) is 4.75. The molecule has 0 aromatic heterocycles. The topological polar surface area (TPSA) is 12.0 Å². The third-order valence-corrected chi connectivity index (χ3v) is 0.766. The van der Waals surface area contributed by atoms with Gasteiger partial charge in [-0.25, -0.2) is 0 Å². The van der Waals surface area contributed by atoms with Crippen molar-refractivity contribution < 1.29 is 8.78 Å². The monoisotopic (exact) mass is 121 g/mol. The Hall–Kier alpha value is -0.440. The maximum Gasteiger partial charge on any atom is 0.305 e. The highest BCUT2D eigenvalue weighted by molar-refractivity contribution is 4.75. The molecule has 0 aliphatic heterocycles. The van der Waals surface area contributed by atoms with E-state index >= 15 is 0 Å². The van der Waals surface area contributed by atoms with E-state index in [-0.39, 0.29) is 6.42 Å². The van der Waals surface area contributed by atoms with Crippen LogP contribution >= 0.6 is 0 Å². The lowest BCUT2D eigenvalue weighted by Crippen LogP contribution is -2.31. The Morgan fingerprint density at radius 1 is 1.75 bits per heavy atom. The largest absolute Gasteiger partial charge is 0.305 e. The standard InChI is InChI=1S/C5H9F2N/c1-3-4-5(6,7)8-2/h3,8H,1,4H2,2H3. The van der Waals surface area contributed by atoms with Gasteiger partial charge >= 0.3 is 6.05 Å². The van der Waals surface area contributed by atoms with Crippen molar-refractivity contribution in [2.24, 2.45) is 0 Å². The Labute approximate surface area is 47.4 Å². The number of hydrogen-bond donors (Lipinski definition) is 1. The smallest absolute Gasteiger partial charge is 0.261 e. The number of rotatable bonds is 3. The van der Waals surface area contributed by atoms with Crippen molar-refractivity contribution >= 4 is 0 Å². The molecule has 0 saturated heterocycles. The first-order chi connectivity index (χ1) is 3.62. The molecular formula is C5H9F2N. The molecule has 0 aromatic rings. The van der Waals surface area contributed by atoms with E-state index in [4.69, 9.17) is 0 Å². The van der Waals surface area contributed by atoms with Crippen molar-refractivity contribution in [1.82, 2.24) is 5.32 Å². The van der Waals surface area contributed by atoms with E-state index < -0.39 is 6.05 Å². The maximum absolute atomic E-state index is 12.0. The third-order valence-electron chi connectivity index (χ3n) is 0.766. The zero-order valence-electron chi connectivity index (χ0n) is 4.75. The zero-order chi connectivity index (χ0) is 6.62. The van der Waals surface area contributed by atoms with Gasteiger partial charge in [0, 0.05) is 6.42 Å². The van der Waals surface area contributed by atoms with Crippen LogP contribution in [-0.4, -0.2) is 13.1 Å². The van der Waals surface area contributed by atoms with Crippen molar-refractivity contribution in [3.8, 4) is 0 Å². The summed E-state index contributed by atoms with van der Waals surface area (Å²) in [6.07, 6.45) is 0.861. The molecule has 0 atom stereocenters. The van der Waals surface area contributed by atoms with Crippen molar-refractivity contribution in [2.75, 3.05) is 7.05 Å². The molecule has 0 bridgehead atoms. The molecule has 0 aliphatic rings. The molecule has 48 valence electrons. The van der Waals surface area contributed by atoms with Crippen LogP contribution in [0.25, 0.3) is 0 Å². The lowest BCUT2D eigenvalue weighted by atomic mass is 10.4. The molecule has 0 fully saturated rings. The first-order valence-corrected chi connectivity index (χ1v) is 2.30. The number of halogens is 2. The molecule has 0 rings (SSSR count). The van der Waals surface area contributed by atoms with Gasteiger partial charge in [-0.05, 0) is 7.05 Å². The minimum Gasteiger partial charge on any atom is -0.261 e. The molecule has 3 heteroatoms. The van der Waals surface area contributed by atoms with Crippen molar-refractivity contribution in [3.63, 3.8) is 0 Å². The maximum atomic E-state index is 12.0. The first kappa shape index (κ1) is 7.56. The van der Waals surface area contributed by atoms with E-state index in [1.807, 2.05) is 5.32 Å². The molecule has 8 heavy (non-hydrogen) atoms. The van der Waals surface area contributed by atoms with E-state index in [1.165, 1.54) is 13.1 Å². The van der Waals surface area contributed by atoms with Crippen LogP contribution in [0, 0.1) is 0 Å². The summed E-state index contributed by atoms with van der Waals surface area (Å²) in [7, 11) is 1.21. The lowest BCUT2D eigenvalue weighted by molar-refractivity contribution is -0.0238. The summed E-state index contributed by atoms with van der Waals surface area (Å²) in [6, 6.07) is -2.78. The summed E-state index contributed by atoms with van der Waals surface area (Å²) in [5, 5.41) is 1.84. The second kappa shape index (κ2) is 2.77. The van der Waals surface area contributed by atoms with Gasteiger partial charge in [-0.15, -0.1) is 6.58 Å². The van der Waals surface area contributed by atoms with Gasteiger partial charge in [0.1, 0.15) is 0 Å². The summed E-state index contributed by atoms with van der Waals surface area (Å²) in [6.45, 7) is 3.17. The summed E-state index contributed by atoms with van der Waals surface area (Å²) >= 11 is 0. The lowest BCUT2D eigenvalue weighted by Gasteiger charge is -2.10. The van der Waals surface area contributed by atoms with Crippen molar-refractivity contribution in [1.29, 1.82) is 0 Å². The van der Waals surface area contributed by atoms with Gasteiger partial charge in [0.05, 0.1) is 0 Å². The van der Waals surface area contributed by atoms with Crippen LogP contribution in [-0.2, 0) is 0 Å². The summed E-state index contributed by atoms with van der Waals surface area (Å²) in [5.74, 6) is 0. The molecule has 0 radical (unpaired) electrons. The average Bonchev–Trinajstić information content (AvgIpc) is 1.67. The Balaban J connectivity index is 3.53. The Morgan fingerprint density at radius 2 is 2.25 bits per heavy atom. The van der Waals surface area contributed by atoms with Crippen LogP contribution in [0.15, 0.2) is 12.7 Å². The molecule has 0 heterocycles. The predicted molar refractivity (Wildman–Crippen MR) is 28.8 cm³/mol. The summed E-state index contributed by atoms with van der Waals surface area (Å²) in [4.78, 5) is 0. The molecule has 1 N–H and O–H groups in total. The Morgan fingerprint density at radius 3 is 2.38 bits per heavy atom. The van der Waals surface area contributed by atoms with E-state index in [0.29, 0.717) is 0 Å². The van der Waals surface area contributed by atoms with Gasteiger partial charge < -0.3 is 0 Å². The van der Waals surface area contributed by atoms with Gasteiger partial charge in [0.25, 0.3) is 0 Å². The summed E-state index contributed by atoms with van der Waals surface area (Å²) in [5.41, 5.74) is 0. The minimum atomic E-state index is -2.78. The highest BCUT2D eigenvalue weighted by atomic mass is 19.3. The van der Waals surface area contributed by atoms with E-state index in [0.717, 1.165) is 0 Å². The molecule has 0 saturated carbocycles. The van der Waals surface area contributed by atoms with Gasteiger partial charge in [0.15, 0.2) is 0 Å². The van der Waals surface area contributed by atoms with Crippen LogP contribution in [0.1, 0.15) is 6.42 Å². The second-order valence-corrected chi connectivity index (χ2v) is 1.45. The molecule has 0 spiro atoms. The van der Waals surface area contributed by atoms with Crippen LogP contribution < -0.4 is 5.32 Å². The normalized spacial score (nSPS) is 11.4. The van der Waals surface area contributed by atoms with Gasteiger partial charge in [-0.2, -0.15) is 8.78 Å². The molecule has 0 amide bonds. The van der Waals surface area contributed by atoms with Crippen LogP contribution in [0.5, 0.6) is 0 Å². The molecular weight excluding hydrogens is 112 g/mol. The molecule has 1 nitrogen and oxygen atoms in total. The average molecular weight is 121 g/mol. The van der Waals surface area contributed by atoms with Crippen LogP contribution in [0.4, 0.5) is 8.78 Å². The highest BCUT2D eigenvalue weighted by Gasteiger charge is 2.22. The number of hydrogen-bond acceptors (Lipinski definition) is 1. The predicted octanol–water partition coefficient (Wildman–Crippen LogP) is 1.37. The fourth-order valence-corrected chi connectivity index (χ4v) is 0.283. The van der Waals surface area contributed by atoms with Gasteiger partial charge in [0.2, 0.25) is 0 Å². The van der Waals surface area contributed by atoms with Gasteiger partial charge in [-0.1, -0.05) is 6.08 Å². The second-order valence-electron chi connectivity index (χ2n) is 1.45. The highest BCUT2D eigenvalue weighted by Crippen LogP contribution is 2.12. The molecule has 0 aliphatic carbocycles. The number of nitrogens with one attached hydrogen (secondary N) is 1. The van der Waals surface area contributed by atoms with E-state index in [1.54, 1.807) is 0 Å². The fraction of sp³-hybridized carbons (Fsp3) is 0.600. The summed E-state index contributed by atoms with van der Waals surface area (Å²) < 4.78 is 23.9. The first-order valence-electron chi connectivity index (χ1n) is 2.30. The fourth-order valence-electron chi connectivity index (χ4n) is 0.283. The Bertz CT molecular complexity index is 80.5. The van der Waals surface area contributed by atoms with Crippen molar-refractivity contribution in [2.45, 2.75) is 12.5 Å². The van der Waals surface area contributed by atoms with E-state index in [9.17, 15) is 8.78 Å². The molecule has 0 unspecified atom stereocenters.